The molecule has 0 saturated carbocycles. The average Bonchev–Trinajstić information content (AvgIpc) is 1.35. The normalized spacial score (nSPS) is 10.0. The van der Waals surface area contributed by atoms with Gasteiger partial charge in [0.05, 0.1) is 6.35 Å². The van der Waals surface area contributed by atoms with Crippen LogP contribution in [-0.2, 0) is 4.74 Å². The molecule has 0 amide bonds. The first-order valence-corrected chi connectivity index (χ1v) is 4.33. The first-order chi connectivity index (χ1) is 2.77. The molecule has 0 heterocycles. The van der Waals surface area contributed by atoms with Gasteiger partial charge in [-0.2, -0.15) is 0 Å². The zero-order valence-corrected chi connectivity index (χ0v) is 5.46. The fourth-order valence-corrected chi connectivity index (χ4v) is 0.775. The molecule has 0 N–H and O–H groups in total. The van der Waals surface area contributed by atoms with Gasteiger partial charge in [0.2, 0.25) is 0 Å². The molecule has 38 valence electrons. The maximum Gasteiger partial charge on any atom is 0.0650 e. The summed E-state index contributed by atoms with van der Waals surface area (Å²) in [6.45, 7) is 4.39. The van der Waals surface area contributed by atoms with Gasteiger partial charge in [-0.15, -0.1) is 0 Å². The van der Waals surface area contributed by atoms with Gasteiger partial charge in [-0.1, -0.05) is 7.92 Å². The van der Waals surface area contributed by atoms with Crippen molar-refractivity contribution in [2.24, 2.45) is 0 Å². The van der Waals surface area contributed by atoms with Gasteiger partial charge in [0.1, 0.15) is 0 Å². The van der Waals surface area contributed by atoms with E-state index in [0.717, 1.165) is 6.35 Å². The number of ether oxygens (including phenoxy) is 1. The average molecular weight is 106 g/mol. The summed E-state index contributed by atoms with van der Waals surface area (Å²) in [7, 11) is 1.92. The Morgan fingerprint density at radius 3 is 2.00 bits per heavy atom. The van der Waals surface area contributed by atoms with Crippen LogP contribution in [0.3, 0.4) is 0 Å². The van der Waals surface area contributed by atoms with Gasteiger partial charge in [0.25, 0.3) is 0 Å². The second-order valence-corrected chi connectivity index (χ2v) is 3.91. The van der Waals surface area contributed by atoms with Crippen molar-refractivity contribution in [1.29, 1.82) is 0 Å². The highest BCUT2D eigenvalue weighted by molar-refractivity contribution is 7.55. The maximum absolute atomic E-state index is 4.83. The van der Waals surface area contributed by atoms with Gasteiger partial charge in [-0.25, -0.2) is 0 Å². The van der Waals surface area contributed by atoms with Crippen molar-refractivity contribution < 1.29 is 4.74 Å². The Balaban J connectivity index is 2.63. The largest absolute Gasteiger partial charge is 0.380 e. The summed E-state index contributed by atoms with van der Waals surface area (Å²) in [4.78, 5) is 0. The van der Waals surface area contributed by atoms with Crippen molar-refractivity contribution in [2.75, 3.05) is 26.8 Å². The molecule has 0 bridgehead atoms. The van der Waals surface area contributed by atoms with Crippen molar-refractivity contribution in [2.45, 2.75) is 0 Å². The van der Waals surface area contributed by atoms with E-state index in [2.05, 4.69) is 13.3 Å². The highest BCUT2D eigenvalue weighted by Gasteiger charge is 1.84. The van der Waals surface area contributed by atoms with Gasteiger partial charge in [-0.3, -0.25) is 0 Å². The SMILES string of the molecule is COCP(C)C. The summed E-state index contributed by atoms with van der Waals surface area (Å²) in [6.07, 6.45) is 0.940. The number of methoxy groups -OCH3 is 1. The summed E-state index contributed by atoms with van der Waals surface area (Å²) in [5.74, 6) is 0. The molecule has 0 aliphatic carbocycles. The van der Waals surface area contributed by atoms with E-state index >= 15 is 0 Å². The fourth-order valence-electron chi connectivity index (χ4n) is 0.258. The molecule has 0 aromatic rings. The molecule has 6 heavy (non-hydrogen) atoms. The molecule has 0 unspecified atom stereocenters. The van der Waals surface area contributed by atoms with Crippen LogP contribution in [0.1, 0.15) is 0 Å². The Morgan fingerprint density at radius 1 is 1.50 bits per heavy atom. The van der Waals surface area contributed by atoms with Gasteiger partial charge in [0, 0.05) is 7.11 Å². The highest BCUT2D eigenvalue weighted by Crippen LogP contribution is 2.22. The summed E-state index contributed by atoms with van der Waals surface area (Å²) in [5, 5.41) is 0. The topological polar surface area (TPSA) is 9.23 Å². The molecule has 1 nitrogen and oxygen atoms in total. The lowest BCUT2D eigenvalue weighted by atomic mass is 11.5. The van der Waals surface area contributed by atoms with E-state index in [1.54, 1.807) is 7.11 Å². The van der Waals surface area contributed by atoms with Crippen molar-refractivity contribution in [1.82, 2.24) is 0 Å². The molecule has 0 radical (unpaired) electrons. The standard InChI is InChI=1S/C4H11OP/c1-5-4-6(2)3/h4H2,1-3H3. The molecular formula is C4H11OP. The van der Waals surface area contributed by atoms with Crippen LogP contribution in [0.2, 0.25) is 0 Å². The minimum absolute atomic E-state index is 0.177. The van der Waals surface area contributed by atoms with Gasteiger partial charge >= 0.3 is 0 Å². The third-order valence-electron chi connectivity index (χ3n) is 0.387. The van der Waals surface area contributed by atoms with E-state index in [0.29, 0.717) is 0 Å². The molecule has 0 saturated heterocycles. The first kappa shape index (κ1) is 6.39. The number of hydrogen-bond acceptors (Lipinski definition) is 1. The Bertz CT molecular complexity index is 28.7. The second kappa shape index (κ2) is 3.58. The molecule has 0 aromatic heterocycles. The minimum Gasteiger partial charge on any atom is -0.380 e. The predicted molar refractivity (Wildman–Crippen MR) is 30.6 cm³/mol. The monoisotopic (exact) mass is 106 g/mol. The third-order valence-corrected chi connectivity index (χ3v) is 1.16. The predicted octanol–water partition coefficient (Wildman–Crippen LogP) is 1.33. The molecule has 0 aliphatic rings. The lowest BCUT2D eigenvalue weighted by Crippen LogP contribution is -1.81. The van der Waals surface area contributed by atoms with Crippen LogP contribution in [-0.4, -0.2) is 26.8 Å². The summed E-state index contributed by atoms with van der Waals surface area (Å²) >= 11 is 0. The summed E-state index contributed by atoms with van der Waals surface area (Å²) in [6, 6.07) is 0. The molecule has 0 atom stereocenters. The van der Waals surface area contributed by atoms with Crippen LogP contribution in [0.15, 0.2) is 0 Å². The molecule has 0 rings (SSSR count). The number of hydrogen-bond donors (Lipinski definition) is 0. The molecule has 0 spiro atoms. The van der Waals surface area contributed by atoms with Crippen LogP contribution >= 0.6 is 7.92 Å². The second-order valence-electron chi connectivity index (χ2n) is 1.50. The van der Waals surface area contributed by atoms with E-state index in [9.17, 15) is 0 Å². The lowest BCUT2D eigenvalue weighted by Gasteiger charge is -1.98. The molecule has 0 fully saturated rings. The van der Waals surface area contributed by atoms with Gasteiger partial charge in [0.15, 0.2) is 0 Å². The first-order valence-electron chi connectivity index (χ1n) is 1.91. The van der Waals surface area contributed by atoms with Crippen molar-refractivity contribution >= 4 is 7.92 Å². The van der Waals surface area contributed by atoms with E-state index in [-0.39, 0.29) is 7.92 Å². The van der Waals surface area contributed by atoms with E-state index in [1.807, 2.05) is 0 Å². The highest BCUT2D eigenvalue weighted by atomic mass is 31.1. The van der Waals surface area contributed by atoms with Crippen LogP contribution in [0, 0.1) is 0 Å². The van der Waals surface area contributed by atoms with E-state index in [4.69, 9.17) is 4.74 Å². The molecule has 0 aliphatic heterocycles. The van der Waals surface area contributed by atoms with Crippen molar-refractivity contribution in [3.05, 3.63) is 0 Å². The zero-order chi connectivity index (χ0) is 4.99. The van der Waals surface area contributed by atoms with Crippen LogP contribution in [0.4, 0.5) is 0 Å². The quantitative estimate of drug-likeness (QED) is 0.482. The molecule has 2 heteroatoms. The molecule has 0 aromatic carbocycles. The zero-order valence-electron chi connectivity index (χ0n) is 4.56. The Kier molecular flexibility index (Phi) is 3.81. The molecular weight excluding hydrogens is 95.0 g/mol. The number of rotatable bonds is 2. The van der Waals surface area contributed by atoms with Crippen molar-refractivity contribution in [3.63, 3.8) is 0 Å². The Hall–Kier alpha value is 0.390. The maximum atomic E-state index is 4.83. The smallest absolute Gasteiger partial charge is 0.0650 e. The Morgan fingerprint density at radius 2 is 2.00 bits per heavy atom. The fraction of sp³-hybridized carbons (Fsp3) is 1.00. The Labute approximate surface area is 40.4 Å². The van der Waals surface area contributed by atoms with E-state index < -0.39 is 0 Å². The van der Waals surface area contributed by atoms with Crippen LogP contribution in [0.25, 0.3) is 0 Å². The van der Waals surface area contributed by atoms with Gasteiger partial charge in [-0.05, 0) is 13.3 Å². The minimum atomic E-state index is 0.177. The summed E-state index contributed by atoms with van der Waals surface area (Å²) in [5.41, 5.74) is 0. The van der Waals surface area contributed by atoms with Gasteiger partial charge < -0.3 is 4.74 Å². The third kappa shape index (κ3) is 4.39. The van der Waals surface area contributed by atoms with Crippen LogP contribution in [0.5, 0.6) is 0 Å². The summed E-state index contributed by atoms with van der Waals surface area (Å²) < 4.78 is 4.83. The lowest BCUT2D eigenvalue weighted by molar-refractivity contribution is 0.255. The van der Waals surface area contributed by atoms with Crippen molar-refractivity contribution in [3.8, 4) is 0 Å². The van der Waals surface area contributed by atoms with Crippen LogP contribution < -0.4 is 0 Å². The van der Waals surface area contributed by atoms with E-state index in [1.165, 1.54) is 0 Å².